The van der Waals surface area contributed by atoms with Crippen LogP contribution in [0, 0.1) is 0 Å². The first-order chi connectivity index (χ1) is 13.7. The molecule has 2 aromatic carbocycles. The molecule has 0 unspecified atom stereocenters. The van der Waals surface area contributed by atoms with Gasteiger partial charge in [0.1, 0.15) is 5.75 Å². The van der Waals surface area contributed by atoms with Crippen molar-refractivity contribution >= 4 is 15.9 Å². The molecule has 2 aromatic heterocycles. The molecule has 0 atom stereocenters. The summed E-state index contributed by atoms with van der Waals surface area (Å²) in [5, 5.41) is 4.63. The Labute approximate surface area is 170 Å². The normalized spacial score (nSPS) is 10.6. The minimum atomic E-state index is -0.239. The standard InChI is InChI=1S/C22H16BrN3O2/c1-28-16-8-6-7-15(13-16)20-14-17(19-10-4-5-12-24-19)22(27)26(25-20)21-11-3-2-9-18(21)23/h2-14H,1H3. The molecular formula is C22H16BrN3O2. The molecule has 0 aliphatic carbocycles. The lowest BCUT2D eigenvalue weighted by Crippen LogP contribution is -2.24. The third-order valence-electron chi connectivity index (χ3n) is 4.30. The Balaban J connectivity index is 2.01. The monoisotopic (exact) mass is 433 g/mol. The molecule has 5 nitrogen and oxygen atoms in total. The molecular weight excluding hydrogens is 418 g/mol. The van der Waals surface area contributed by atoms with Crippen molar-refractivity contribution in [2.24, 2.45) is 0 Å². The molecule has 28 heavy (non-hydrogen) atoms. The van der Waals surface area contributed by atoms with Gasteiger partial charge < -0.3 is 4.74 Å². The van der Waals surface area contributed by atoms with Gasteiger partial charge in [-0.05, 0) is 58.4 Å². The Kier molecular flexibility index (Phi) is 5.04. The minimum Gasteiger partial charge on any atom is -0.497 e. The Morgan fingerprint density at radius 1 is 0.929 bits per heavy atom. The second kappa shape index (κ2) is 7.78. The molecule has 0 N–H and O–H groups in total. The number of rotatable bonds is 4. The van der Waals surface area contributed by atoms with Crippen molar-refractivity contribution in [2.75, 3.05) is 7.11 Å². The largest absolute Gasteiger partial charge is 0.497 e. The molecule has 0 amide bonds. The summed E-state index contributed by atoms with van der Waals surface area (Å²) < 4.78 is 7.52. The van der Waals surface area contributed by atoms with Crippen LogP contribution in [0.15, 0.2) is 88.3 Å². The van der Waals surface area contributed by atoms with Crippen LogP contribution in [0.5, 0.6) is 5.75 Å². The quantitative estimate of drug-likeness (QED) is 0.466. The maximum absolute atomic E-state index is 13.2. The van der Waals surface area contributed by atoms with Crippen LogP contribution in [0.25, 0.3) is 28.2 Å². The molecule has 2 heterocycles. The van der Waals surface area contributed by atoms with Crippen LogP contribution in [0.3, 0.4) is 0 Å². The van der Waals surface area contributed by atoms with Crippen molar-refractivity contribution in [1.29, 1.82) is 0 Å². The van der Waals surface area contributed by atoms with Crippen LogP contribution in [0.1, 0.15) is 0 Å². The van der Waals surface area contributed by atoms with Crippen molar-refractivity contribution in [2.45, 2.75) is 0 Å². The molecule has 0 spiro atoms. The Bertz CT molecular complexity index is 1190. The van der Waals surface area contributed by atoms with Crippen LogP contribution in [-0.4, -0.2) is 21.9 Å². The highest BCUT2D eigenvalue weighted by Gasteiger charge is 2.15. The Morgan fingerprint density at radius 3 is 2.50 bits per heavy atom. The van der Waals surface area contributed by atoms with Gasteiger partial charge >= 0.3 is 0 Å². The van der Waals surface area contributed by atoms with Gasteiger partial charge in [-0.2, -0.15) is 9.78 Å². The summed E-state index contributed by atoms with van der Waals surface area (Å²) in [6.07, 6.45) is 1.67. The molecule has 0 aliphatic rings. The molecule has 6 heteroatoms. The first-order valence-corrected chi connectivity index (χ1v) is 9.42. The molecule has 0 radical (unpaired) electrons. The van der Waals surface area contributed by atoms with Crippen molar-refractivity contribution in [3.8, 4) is 34.0 Å². The van der Waals surface area contributed by atoms with Crippen LogP contribution in [0.2, 0.25) is 0 Å². The smallest absolute Gasteiger partial charge is 0.281 e. The van der Waals surface area contributed by atoms with E-state index in [0.717, 1.165) is 15.8 Å². The number of aromatic nitrogens is 3. The average Bonchev–Trinajstić information content (AvgIpc) is 2.75. The summed E-state index contributed by atoms with van der Waals surface area (Å²) in [5.74, 6) is 0.720. The van der Waals surface area contributed by atoms with E-state index in [-0.39, 0.29) is 5.56 Å². The van der Waals surface area contributed by atoms with E-state index >= 15 is 0 Å². The topological polar surface area (TPSA) is 57.0 Å². The van der Waals surface area contributed by atoms with E-state index in [4.69, 9.17) is 4.74 Å². The molecule has 4 aromatic rings. The second-order valence-corrected chi connectivity index (χ2v) is 6.91. The zero-order valence-electron chi connectivity index (χ0n) is 15.0. The van der Waals surface area contributed by atoms with E-state index in [0.29, 0.717) is 22.6 Å². The molecule has 0 fully saturated rings. The average molecular weight is 434 g/mol. The molecule has 0 saturated heterocycles. The highest BCUT2D eigenvalue weighted by Crippen LogP contribution is 2.26. The van der Waals surface area contributed by atoms with E-state index in [2.05, 4.69) is 26.0 Å². The van der Waals surface area contributed by atoms with Crippen molar-refractivity contribution in [3.63, 3.8) is 0 Å². The fourth-order valence-electron chi connectivity index (χ4n) is 2.91. The van der Waals surface area contributed by atoms with Crippen molar-refractivity contribution in [1.82, 2.24) is 14.8 Å². The van der Waals surface area contributed by atoms with Gasteiger partial charge in [-0.25, -0.2) is 0 Å². The number of hydrogen-bond acceptors (Lipinski definition) is 4. The van der Waals surface area contributed by atoms with E-state index in [9.17, 15) is 4.79 Å². The molecule has 138 valence electrons. The van der Waals surface area contributed by atoms with Gasteiger partial charge in [-0.1, -0.05) is 30.3 Å². The summed E-state index contributed by atoms with van der Waals surface area (Å²) in [6.45, 7) is 0. The minimum absolute atomic E-state index is 0.239. The van der Waals surface area contributed by atoms with Crippen LogP contribution in [-0.2, 0) is 0 Å². The van der Waals surface area contributed by atoms with Crippen molar-refractivity contribution < 1.29 is 4.74 Å². The fourth-order valence-corrected chi connectivity index (χ4v) is 3.36. The molecule has 0 bridgehead atoms. The lowest BCUT2D eigenvalue weighted by molar-refractivity contribution is 0.415. The van der Waals surface area contributed by atoms with Gasteiger partial charge in [0, 0.05) is 16.2 Å². The number of benzene rings is 2. The van der Waals surface area contributed by atoms with Gasteiger partial charge in [0.25, 0.3) is 5.56 Å². The van der Waals surface area contributed by atoms with E-state index < -0.39 is 0 Å². The summed E-state index contributed by atoms with van der Waals surface area (Å²) >= 11 is 3.52. The third-order valence-corrected chi connectivity index (χ3v) is 4.97. The predicted molar refractivity (Wildman–Crippen MR) is 113 cm³/mol. The molecule has 4 rings (SSSR count). The predicted octanol–water partition coefficient (Wildman–Crippen LogP) is 4.73. The highest BCUT2D eigenvalue weighted by molar-refractivity contribution is 9.10. The summed E-state index contributed by atoms with van der Waals surface area (Å²) in [5.41, 5.74) is 2.99. The zero-order chi connectivity index (χ0) is 19.5. The van der Waals surface area contributed by atoms with Crippen LogP contribution < -0.4 is 10.3 Å². The fraction of sp³-hybridized carbons (Fsp3) is 0.0455. The number of methoxy groups -OCH3 is 1. The first kappa shape index (κ1) is 18.1. The van der Waals surface area contributed by atoms with Gasteiger partial charge in [0.2, 0.25) is 0 Å². The number of halogens is 1. The lowest BCUT2D eigenvalue weighted by atomic mass is 10.1. The van der Waals surface area contributed by atoms with E-state index in [1.807, 2.05) is 66.7 Å². The highest BCUT2D eigenvalue weighted by atomic mass is 79.9. The summed E-state index contributed by atoms with van der Waals surface area (Å²) in [7, 11) is 1.62. The Hall–Kier alpha value is -3.25. The van der Waals surface area contributed by atoms with Gasteiger partial charge in [-0.15, -0.1) is 0 Å². The zero-order valence-corrected chi connectivity index (χ0v) is 16.6. The number of ether oxygens (including phenoxy) is 1. The number of para-hydroxylation sites is 1. The van der Waals surface area contributed by atoms with Gasteiger partial charge in [0.15, 0.2) is 0 Å². The van der Waals surface area contributed by atoms with Gasteiger partial charge in [0.05, 0.1) is 29.7 Å². The van der Waals surface area contributed by atoms with E-state index in [1.54, 1.807) is 19.4 Å². The number of pyridine rings is 1. The lowest BCUT2D eigenvalue weighted by Gasteiger charge is -2.12. The van der Waals surface area contributed by atoms with Gasteiger partial charge in [-0.3, -0.25) is 9.78 Å². The van der Waals surface area contributed by atoms with Crippen molar-refractivity contribution in [3.05, 3.63) is 93.8 Å². The molecule has 0 saturated carbocycles. The third kappa shape index (κ3) is 3.46. The summed E-state index contributed by atoms with van der Waals surface area (Å²) in [4.78, 5) is 17.6. The number of nitrogens with zero attached hydrogens (tertiary/aromatic N) is 3. The maximum Gasteiger partial charge on any atom is 0.281 e. The first-order valence-electron chi connectivity index (χ1n) is 8.62. The SMILES string of the molecule is COc1cccc(-c2cc(-c3ccccn3)c(=O)n(-c3ccccc3Br)n2)c1. The van der Waals surface area contributed by atoms with E-state index in [1.165, 1.54) is 4.68 Å². The second-order valence-electron chi connectivity index (χ2n) is 6.06. The summed E-state index contributed by atoms with van der Waals surface area (Å²) in [6, 6.07) is 22.3. The van der Waals surface area contributed by atoms with Crippen LogP contribution in [0.4, 0.5) is 0 Å². The maximum atomic E-state index is 13.2. The Morgan fingerprint density at radius 2 is 1.75 bits per heavy atom. The van der Waals surface area contributed by atoms with Crippen LogP contribution >= 0.6 is 15.9 Å². The molecule has 0 aliphatic heterocycles. The number of hydrogen-bond donors (Lipinski definition) is 0.